The first kappa shape index (κ1) is 14.5. The van der Waals surface area contributed by atoms with Crippen LogP contribution >= 0.6 is 0 Å². The molecule has 18 heavy (non-hydrogen) atoms. The molecule has 0 bridgehead atoms. The molecule has 1 aromatic rings. The van der Waals surface area contributed by atoms with Crippen LogP contribution in [0.4, 0.5) is 5.69 Å². The molecule has 0 atom stereocenters. The quantitative estimate of drug-likeness (QED) is 0.730. The second kappa shape index (κ2) is 7.71. The number of ether oxygens (including phenoxy) is 1. The molecule has 0 aromatic heterocycles. The average molecular weight is 250 g/mol. The van der Waals surface area contributed by atoms with Gasteiger partial charge in [-0.15, -0.1) is 0 Å². The third-order valence-electron chi connectivity index (χ3n) is 2.42. The lowest BCUT2D eigenvalue weighted by Gasteiger charge is -2.12. The Kier molecular flexibility index (Phi) is 6.22. The summed E-state index contributed by atoms with van der Waals surface area (Å²) in [6.45, 7) is 7.75. The zero-order chi connectivity index (χ0) is 13.4. The third-order valence-corrected chi connectivity index (χ3v) is 2.42. The van der Waals surface area contributed by atoms with Crippen molar-refractivity contribution in [3.05, 3.63) is 23.8 Å². The van der Waals surface area contributed by atoms with Crippen molar-refractivity contribution in [2.75, 3.05) is 25.0 Å². The predicted octanol–water partition coefficient (Wildman–Crippen LogP) is 2.33. The number of amides is 1. The summed E-state index contributed by atoms with van der Waals surface area (Å²) in [6.07, 6.45) is 1.02. The Balaban J connectivity index is 2.62. The molecular formula is C14H22N2O2. The number of benzene rings is 1. The van der Waals surface area contributed by atoms with Gasteiger partial charge in [0.25, 0.3) is 0 Å². The van der Waals surface area contributed by atoms with E-state index in [1.807, 2.05) is 32.0 Å². The van der Waals surface area contributed by atoms with Gasteiger partial charge in [-0.3, -0.25) is 4.79 Å². The average Bonchev–Trinajstić information content (AvgIpc) is 2.33. The van der Waals surface area contributed by atoms with Crippen LogP contribution in [-0.4, -0.2) is 25.6 Å². The zero-order valence-electron chi connectivity index (χ0n) is 11.4. The fraction of sp³-hybridized carbons (Fsp3) is 0.500. The number of hydrogen-bond donors (Lipinski definition) is 2. The van der Waals surface area contributed by atoms with Crippen LogP contribution in [-0.2, 0) is 4.79 Å². The first-order valence-electron chi connectivity index (χ1n) is 6.41. The fourth-order valence-electron chi connectivity index (χ4n) is 1.58. The largest absolute Gasteiger partial charge is 0.492 e. The molecule has 0 unspecified atom stereocenters. The molecule has 0 fully saturated rings. The molecule has 0 aliphatic carbocycles. The van der Waals surface area contributed by atoms with Crippen molar-refractivity contribution < 1.29 is 9.53 Å². The molecule has 1 amide bonds. The van der Waals surface area contributed by atoms with Gasteiger partial charge < -0.3 is 15.4 Å². The van der Waals surface area contributed by atoms with Gasteiger partial charge in [-0.25, -0.2) is 0 Å². The number of hydrogen-bond acceptors (Lipinski definition) is 3. The lowest BCUT2D eigenvalue weighted by Crippen LogP contribution is -2.28. The van der Waals surface area contributed by atoms with E-state index < -0.39 is 0 Å². The lowest BCUT2D eigenvalue weighted by atomic mass is 10.2. The molecule has 2 N–H and O–H groups in total. The van der Waals surface area contributed by atoms with Gasteiger partial charge in [0.1, 0.15) is 5.75 Å². The van der Waals surface area contributed by atoms with E-state index >= 15 is 0 Å². The van der Waals surface area contributed by atoms with Gasteiger partial charge in [0.2, 0.25) is 5.91 Å². The number of rotatable bonds is 7. The number of aryl methyl sites for hydroxylation is 1. The minimum atomic E-state index is -0.0479. The van der Waals surface area contributed by atoms with Gasteiger partial charge in [-0.2, -0.15) is 0 Å². The molecule has 4 nitrogen and oxygen atoms in total. The van der Waals surface area contributed by atoms with Gasteiger partial charge >= 0.3 is 0 Å². The fourth-order valence-corrected chi connectivity index (χ4v) is 1.58. The molecule has 1 aromatic carbocycles. The minimum absolute atomic E-state index is 0.0479. The van der Waals surface area contributed by atoms with Crippen molar-refractivity contribution in [3.63, 3.8) is 0 Å². The van der Waals surface area contributed by atoms with E-state index in [9.17, 15) is 4.79 Å². The smallest absolute Gasteiger partial charge is 0.238 e. The Morgan fingerprint density at radius 3 is 2.78 bits per heavy atom. The Morgan fingerprint density at radius 1 is 1.33 bits per heavy atom. The Hall–Kier alpha value is -1.55. The van der Waals surface area contributed by atoms with Crippen LogP contribution < -0.4 is 15.4 Å². The van der Waals surface area contributed by atoms with E-state index in [2.05, 4.69) is 17.6 Å². The third kappa shape index (κ3) is 4.75. The molecule has 1 rings (SSSR count). The van der Waals surface area contributed by atoms with E-state index in [4.69, 9.17) is 4.74 Å². The van der Waals surface area contributed by atoms with Gasteiger partial charge in [-0.05, 0) is 44.5 Å². The van der Waals surface area contributed by atoms with Gasteiger partial charge in [0.05, 0.1) is 18.8 Å². The summed E-state index contributed by atoms with van der Waals surface area (Å²) in [6, 6.07) is 5.76. The standard InChI is InChI=1S/C14H22N2O2/c1-4-8-15-10-14(17)16-12-7-6-11(3)9-13(12)18-5-2/h6-7,9,15H,4-5,8,10H2,1-3H3,(H,16,17). The molecular weight excluding hydrogens is 228 g/mol. The van der Waals surface area contributed by atoms with E-state index in [1.165, 1.54) is 0 Å². The lowest BCUT2D eigenvalue weighted by molar-refractivity contribution is -0.115. The molecule has 0 aliphatic rings. The molecule has 0 saturated carbocycles. The maximum absolute atomic E-state index is 11.7. The van der Waals surface area contributed by atoms with Crippen molar-refractivity contribution >= 4 is 11.6 Å². The summed E-state index contributed by atoms with van der Waals surface area (Å²) < 4.78 is 5.51. The molecule has 0 heterocycles. The van der Waals surface area contributed by atoms with E-state index in [1.54, 1.807) is 0 Å². The summed E-state index contributed by atoms with van der Waals surface area (Å²) in [5.74, 6) is 0.676. The van der Waals surface area contributed by atoms with E-state index in [0.717, 1.165) is 30.0 Å². The molecule has 0 radical (unpaired) electrons. The first-order chi connectivity index (χ1) is 8.67. The van der Waals surface area contributed by atoms with Crippen LogP contribution in [0.3, 0.4) is 0 Å². The maximum atomic E-state index is 11.7. The predicted molar refractivity (Wildman–Crippen MR) is 74.1 cm³/mol. The molecule has 4 heteroatoms. The Bertz CT molecular complexity index is 391. The zero-order valence-corrected chi connectivity index (χ0v) is 11.4. The Labute approximate surface area is 109 Å². The second-order valence-corrected chi connectivity index (χ2v) is 4.16. The highest BCUT2D eigenvalue weighted by molar-refractivity contribution is 5.93. The molecule has 0 aliphatic heterocycles. The molecule has 100 valence electrons. The van der Waals surface area contributed by atoms with Gasteiger partial charge in [-0.1, -0.05) is 13.0 Å². The topological polar surface area (TPSA) is 50.4 Å². The van der Waals surface area contributed by atoms with Crippen molar-refractivity contribution in [2.24, 2.45) is 0 Å². The monoisotopic (exact) mass is 250 g/mol. The highest BCUT2D eigenvalue weighted by atomic mass is 16.5. The number of carbonyl (C=O) groups excluding carboxylic acids is 1. The minimum Gasteiger partial charge on any atom is -0.492 e. The molecule has 0 spiro atoms. The second-order valence-electron chi connectivity index (χ2n) is 4.16. The van der Waals surface area contributed by atoms with E-state index in [0.29, 0.717) is 13.2 Å². The summed E-state index contributed by atoms with van der Waals surface area (Å²) >= 11 is 0. The van der Waals surface area contributed by atoms with Crippen LogP contribution in [0.25, 0.3) is 0 Å². The van der Waals surface area contributed by atoms with Crippen LogP contribution in [0.5, 0.6) is 5.75 Å². The normalized spacial score (nSPS) is 10.2. The summed E-state index contributed by atoms with van der Waals surface area (Å²) in [5.41, 5.74) is 1.84. The van der Waals surface area contributed by atoms with Crippen molar-refractivity contribution in [3.8, 4) is 5.75 Å². The van der Waals surface area contributed by atoms with Crippen LogP contribution in [0, 0.1) is 6.92 Å². The number of carbonyl (C=O) groups is 1. The summed E-state index contributed by atoms with van der Waals surface area (Å²) in [4.78, 5) is 11.7. The highest BCUT2D eigenvalue weighted by Crippen LogP contribution is 2.25. The first-order valence-corrected chi connectivity index (χ1v) is 6.41. The van der Waals surface area contributed by atoms with Crippen molar-refractivity contribution in [2.45, 2.75) is 27.2 Å². The summed E-state index contributed by atoms with van der Waals surface area (Å²) in [5, 5.41) is 5.92. The van der Waals surface area contributed by atoms with Crippen LogP contribution in [0.1, 0.15) is 25.8 Å². The number of nitrogens with one attached hydrogen (secondary N) is 2. The van der Waals surface area contributed by atoms with Crippen molar-refractivity contribution in [1.29, 1.82) is 0 Å². The Morgan fingerprint density at radius 2 is 2.11 bits per heavy atom. The SMILES string of the molecule is CCCNCC(=O)Nc1ccc(C)cc1OCC. The van der Waals surface area contributed by atoms with Crippen molar-refractivity contribution in [1.82, 2.24) is 5.32 Å². The van der Waals surface area contributed by atoms with Gasteiger partial charge in [0, 0.05) is 0 Å². The number of anilines is 1. The van der Waals surface area contributed by atoms with Gasteiger partial charge in [0.15, 0.2) is 0 Å². The summed E-state index contributed by atoms with van der Waals surface area (Å²) in [7, 11) is 0. The highest BCUT2D eigenvalue weighted by Gasteiger charge is 2.07. The van der Waals surface area contributed by atoms with Crippen LogP contribution in [0.15, 0.2) is 18.2 Å². The molecule has 0 saturated heterocycles. The van der Waals surface area contributed by atoms with E-state index in [-0.39, 0.29) is 5.91 Å². The van der Waals surface area contributed by atoms with Crippen LogP contribution in [0.2, 0.25) is 0 Å². The maximum Gasteiger partial charge on any atom is 0.238 e.